The maximum absolute atomic E-state index is 12.9. The van der Waals surface area contributed by atoms with E-state index in [-0.39, 0.29) is 30.4 Å². The Kier molecular flexibility index (Phi) is 5.35. The standard InChI is InChI=1S/C26H28N2O5/c1-16(23(29)28-13-22(24(30)31)26(15-28)11-6-12-26)27-25(32)33-14-21-19-9-4-2-7-17(19)18-8-3-5-10-20(18)21/h2-5,7-10,16,21-22H,6,11-15H2,1H3,(H,27,32)(H,30,31). The van der Waals surface area contributed by atoms with E-state index in [1.807, 2.05) is 24.3 Å². The van der Waals surface area contributed by atoms with E-state index >= 15 is 0 Å². The molecule has 2 N–H and O–H groups in total. The topological polar surface area (TPSA) is 95.9 Å². The Morgan fingerprint density at radius 3 is 2.21 bits per heavy atom. The first-order valence-electron chi connectivity index (χ1n) is 11.5. The Bertz CT molecular complexity index is 1060. The highest BCUT2D eigenvalue weighted by molar-refractivity contribution is 5.87. The van der Waals surface area contributed by atoms with Gasteiger partial charge in [0.15, 0.2) is 0 Å². The minimum Gasteiger partial charge on any atom is -0.481 e. The number of fused-ring (bicyclic) bond motifs is 3. The number of aliphatic carboxylic acids is 1. The summed E-state index contributed by atoms with van der Waals surface area (Å²) >= 11 is 0. The van der Waals surface area contributed by atoms with E-state index < -0.39 is 24.0 Å². The van der Waals surface area contributed by atoms with Crippen LogP contribution in [0.15, 0.2) is 48.5 Å². The molecule has 2 atom stereocenters. The summed E-state index contributed by atoms with van der Waals surface area (Å²) in [5, 5.41) is 12.2. The Hall–Kier alpha value is -3.35. The van der Waals surface area contributed by atoms with E-state index in [9.17, 15) is 19.5 Å². The lowest BCUT2D eigenvalue weighted by atomic mass is 9.63. The number of hydrogen-bond acceptors (Lipinski definition) is 4. The fourth-order valence-electron chi connectivity index (χ4n) is 5.77. The Morgan fingerprint density at radius 2 is 1.70 bits per heavy atom. The van der Waals surface area contributed by atoms with Crippen molar-refractivity contribution >= 4 is 18.0 Å². The number of nitrogens with zero attached hydrogens (tertiary/aromatic N) is 1. The van der Waals surface area contributed by atoms with Gasteiger partial charge < -0.3 is 20.1 Å². The first-order chi connectivity index (χ1) is 15.9. The van der Waals surface area contributed by atoms with Gasteiger partial charge in [-0.25, -0.2) is 4.79 Å². The van der Waals surface area contributed by atoms with E-state index in [1.54, 1.807) is 11.8 Å². The molecule has 33 heavy (non-hydrogen) atoms. The number of alkyl carbamates (subject to hydrolysis) is 1. The molecule has 0 radical (unpaired) electrons. The Morgan fingerprint density at radius 1 is 1.09 bits per heavy atom. The third kappa shape index (κ3) is 3.65. The lowest BCUT2D eigenvalue weighted by Crippen LogP contribution is -2.47. The monoisotopic (exact) mass is 448 g/mol. The number of nitrogens with one attached hydrogen (secondary N) is 1. The molecular formula is C26H28N2O5. The quantitative estimate of drug-likeness (QED) is 0.728. The molecule has 7 heteroatoms. The molecule has 2 fully saturated rings. The van der Waals surface area contributed by atoms with Crippen molar-refractivity contribution in [2.24, 2.45) is 11.3 Å². The van der Waals surface area contributed by atoms with Gasteiger partial charge in [0.1, 0.15) is 12.6 Å². The molecule has 172 valence electrons. The zero-order valence-electron chi connectivity index (χ0n) is 18.6. The normalized spacial score (nSPS) is 21.1. The molecule has 2 aromatic rings. The van der Waals surface area contributed by atoms with Gasteiger partial charge >= 0.3 is 12.1 Å². The van der Waals surface area contributed by atoms with E-state index in [0.717, 1.165) is 41.5 Å². The predicted octanol–water partition coefficient (Wildman–Crippen LogP) is 3.63. The summed E-state index contributed by atoms with van der Waals surface area (Å²) in [7, 11) is 0. The first kappa shape index (κ1) is 21.5. The van der Waals surface area contributed by atoms with Crippen LogP contribution in [0, 0.1) is 11.3 Å². The molecule has 2 amide bonds. The minimum atomic E-state index is -0.845. The van der Waals surface area contributed by atoms with Crippen LogP contribution in [0.3, 0.4) is 0 Å². The van der Waals surface area contributed by atoms with Crippen molar-refractivity contribution in [3.05, 3.63) is 59.7 Å². The van der Waals surface area contributed by atoms with Crippen LogP contribution in [0.2, 0.25) is 0 Å². The first-order valence-corrected chi connectivity index (χ1v) is 11.5. The van der Waals surface area contributed by atoms with E-state index in [1.165, 1.54) is 0 Å². The van der Waals surface area contributed by atoms with Crippen molar-refractivity contribution in [2.45, 2.75) is 38.1 Å². The second kappa shape index (κ2) is 8.21. The number of carboxylic acids is 1. The fourth-order valence-corrected chi connectivity index (χ4v) is 5.77. The molecule has 2 aromatic carbocycles. The Labute approximate surface area is 192 Å². The second-order valence-electron chi connectivity index (χ2n) is 9.52. The summed E-state index contributed by atoms with van der Waals surface area (Å²) in [6.45, 7) is 2.43. The lowest BCUT2D eigenvalue weighted by molar-refractivity contribution is -0.146. The van der Waals surface area contributed by atoms with Gasteiger partial charge in [-0.15, -0.1) is 0 Å². The van der Waals surface area contributed by atoms with Crippen LogP contribution in [0.5, 0.6) is 0 Å². The van der Waals surface area contributed by atoms with Crippen LogP contribution < -0.4 is 5.32 Å². The van der Waals surface area contributed by atoms with Crippen LogP contribution >= 0.6 is 0 Å². The van der Waals surface area contributed by atoms with Crippen LogP contribution in [-0.4, -0.2) is 53.7 Å². The van der Waals surface area contributed by atoms with E-state index in [4.69, 9.17) is 4.74 Å². The number of benzene rings is 2. The summed E-state index contributed by atoms with van der Waals surface area (Å²) in [6.07, 6.45) is 2.02. The summed E-state index contributed by atoms with van der Waals surface area (Å²) in [5.74, 6) is -1.69. The number of carbonyl (C=O) groups is 3. The van der Waals surface area contributed by atoms with Gasteiger partial charge in [0.2, 0.25) is 5.91 Å². The largest absolute Gasteiger partial charge is 0.481 e. The fraction of sp³-hybridized carbons (Fsp3) is 0.423. The molecule has 2 unspecified atom stereocenters. The number of rotatable bonds is 5. The van der Waals surface area contributed by atoms with Crippen molar-refractivity contribution in [2.75, 3.05) is 19.7 Å². The smallest absolute Gasteiger partial charge is 0.407 e. The van der Waals surface area contributed by atoms with Gasteiger partial charge in [-0.3, -0.25) is 9.59 Å². The average Bonchev–Trinajstić information content (AvgIpc) is 3.35. The highest BCUT2D eigenvalue weighted by Gasteiger charge is 2.54. The van der Waals surface area contributed by atoms with Crippen molar-refractivity contribution in [1.29, 1.82) is 0 Å². The van der Waals surface area contributed by atoms with Gasteiger partial charge in [-0.1, -0.05) is 55.0 Å². The highest BCUT2D eigenvalue weighted by Crippen LogP contribution is 2.51. The van der Waals surface area contributed by atoms with Crippen LogP contribution in [-0.2, 0) is 14.3 Å². The van der Waals surface area contributed by atoms with Gasteiger partial charge in [-0.2, -0.15) is 0 Å². The molecule has 0 bridgehead atoms. The summed E-state index contributed by atoms with van der Waals surface area (Å²) in [5.41, 5.74) is 4.25. The third-order valence-corrected chi connectivity index (χ3v) is 7.66. The number of carboxylic acid groups (broad SMARTS) is 1. The molecule has 5 rings (SSSR count). The van der Waals surface area contributed by atoms with Crippen LogP contribution in [0.4, 0.5) is 4.79 Å². The number of likely N-dealkylation sites (tertiary alicyclic amines) is 1. The summed E-state index contributed by atoms with van der Waals surface area (Å²) in [4.78, 5) is 38.7. The zero-order valence-corrected chi connectivity index (χ0v) is 18.6. The predicted molar refractivity (Wildman–Crippen MR) is 122 cm³/mol. The van der Waals surface area contributed by atoms with E-state index in [2.05, 4.69) is 29.6 Å². The van der Waals surface area contributed by atoms with Gasteiger partial charge in [0, 0.05) is 24.4 Å². The van der Waals surface area contributed by atoms with Crippen molar-refractivity contribution < 1.29 is 24.2 Å². The average molecular weight is 449 g/mol. The number of carbonyl (C=O) groups excluding carboxylic acids is 2. The maximum atomic E-state index is 12.9. The molecule has 0 aromatic heterocycles. The molecule has 1 saturated heterocycles. The molecule has 1 saturated carbocycles. The Balaban J connectivity index is 1.20. The molecule has 1 spiro atoms. The molecular weight excluding hydrogens is 420 g/mol. The molecule has 7 nitrogen and oxygen atoms in total. The number of amides is 2. The number of ether oxygens (including phenoxy) is 1. The lowest BCUT2D eigenvalue weighted by Gasteiger charge is -2.41. The molecule has 1 aliphatic heterocycles. The van der Waals surface area contributed by atoms with Crippen LogP contribution in [0.25, 0.3) is 11.1 Å². The minimum absolute atomic E-state index is 0.0532. The van der Waals surface area contributed by atoms with Crippen molar-refractivity contribution in [3.8, 4) is 11.1 Å². The summed E-state index contributed by atoms with van der Waals surface area (Å²) in [6, 6.07) is 15.4. The van der Waals surface area contributed by atoms with Crippen LogP contribution in [0.1, 0.15) is 43.2 Å². The summed E-state index contributed by atoms with van der Waals surface area (Å²) < 4.78 is 5.54. The maximum Gasteiger partial charge on any atom is 0.407 e. The second-order valence-corrected chi connectivity index (χ2v) is 9.52. The molecule has 2 aliphatic carbocycles. The van der Waals surface area contributed by atoms with Gasteiger partial charge in [0.25, 0.3) is 0 Å². The van der Waals surface area contributed by atoms with Crippen molar-refractivity contribution in [3.63, 3.8) is 0 Å². The highest BCUT2D eigenvalue weighted by atomic mass is 16.5. The third-order valence-electron chi connectivity index (χ3n) is 7.66. The molecule has 1 heterocycles. The SMILES string of the molecule is CC(NC(=O)OCC1c2ccccc2-c2ccccc21)C(=O)N1CC(C(=O)O)C2(CCC2)C1. The van der Waals surface area contributed by atoms with Gasteiger partial charge in [-0.05, 0) is 42.0 Å². The zero-order chi connectivity index (χ0) is 23.2. The van der Waals surface area contributed by atoms with Crippen molar-refractivity contribution in [1.82, 2.24) is 10.2 Å². The molecule has 3 aliphatic rings. The number of hydrogen-bond donors (Lipinski definition) is 2. The van der Waals surface area contributed by atoms with E-state index in [0.29, 0.717) is 6.54 Å². The van der Waals surface area contributed by atoms with Gasteiger partial charge in [0.05, 0.1) is 5.92 Å².